The van der Waals surface area contributed by atoms with Crippen LogP contribution in [-0.2, 0) is 6.42 Å². The van der Waals surface area contributed by atoms with Gasteiger partial charge in [0, 0.05) is 62.6 Å². The summed E-state index contributed by atoms with van der Waals surface area (Å²) in [5.41, 5.74) is 2.89. The molecule has 0 aromatic heterocycles. The Morgan fingerprint density at radius 1 is 0.881 bits per heavy atom. The maximum absolute atomic E-state index is 13.5. The molecule has 0 spiro atoms. The van der Waals surface area contributed by atoms with Crippen molar-refractivity contribution in [3.8, 4) is 0 Å². The summed E-state index contributed by atoms with van der Waals surface area (Å²) in [6.45, 7) is 8.87. The Kier molecular flexibility index (Phi) is 11.5. The minimum Gasteiger partial charge on any atom is -0.390 e. The van der Waals surface area contributed by atoms with Crippen molar-refractivity contribution < 1.29 is 19.1 Å². The summed E-state index contributed by atoms with van der Waals surface area (Å²) in [7, 11) is 0. The molecule has 1 heterocycles. The average Bonchev–Trinajstić information content (AvgIpc) is 3.01. The summed E-state index contributed by atoms with van der Waals surface area (Å²) in [4.78, 5) is 32.9. The molecule has 2 N–H and O–H groups in total. The molecule has 1 aliphatic heterocycles. The standard InChI is InChI=1S/C34H43FN4O3/c1-3-17-39(18-4-2)34(42)28-12-8-11-27(24-28)33(41)36-31(23-26-9-6-5-7-10-26)32(40)25-37-19-21-38(22-20-37)30-15-13-29(35)14-16-30/h5-16,24,31-32,40H,3-4,17-23,25H2,1-2H3,(H,36,41)/t31-,32+/m0/s1. The van der Waals surface area contributed by atoms with E-state index in [1.165, 1.54) is 12.1 Å². The normalized spacial score (nSPS) is 15.2. The fraction of sp³-hybridized carbons (Fsp3) is 0.412. The Morgan fingerprint density at radius 3 is 2.17 bits per heavy atom. The van der Waals surface area contributed by atoms with Crippen molar-refractivity contribution in [3.05, 3.63) is 101 Å². The third-order valence-electron chi connectivity index (χ3n) is 7.73. The smallest absolute Gasteiger partial charge is 0.253 e. The van der Waals surface area contributed by atoms with Crippen LogP contribution < -0.4 is 10.2 Å². The van der Waals surface area contributed by atoms with E-state index in [4.69, 9.17) is 0 Å². The number of aliphatic hydroxyl groups excluding tert-OH is 1. The maximum atomic E-state index is 13.5. The van der Waals surface area contributed by atoms with E-state index >= 15 is 0 Å². The number of β-amino-alcohol motifs (C(OH)–C–C–N with tert-alkyl or cyclic N) is 1. The number of halogens is 1. The summed E-state index contributed by atoms with van der Waals surface area (Å²) >= 11 is 0. The number of nitrogens with one attached hydrogen (secondary N) is 1. The molecule has 3 aromatic carbocycles. The molecule has 0 saturated carbocycles. The summed E-state index contributed by atoms with van der Waals surface area (Å²) in [5, 5.41) is 14.5. The molecule has 224 valence electrons. The Hall–Kier alpha value is -3.75. The molecule has 3 aromatic rings. The highest BCUT2D eigenvalue weighted by Gasteiger charge is 2.27. The molecule has 1 fully saturated rings. The number of carbonyl (C=O) groups excluding carboxylic acids is 2. The van der Waals surface area contributed by atoms with E-state index in [1.807, 2.05) is 49.1 Å². The summed E-state index contributed by atoms with van der Waals surface area (Å²) < 4.78 is 13.3. The molecule has 42 heavy (non-hydrogen) atoms. The molecule has 0 radical (unpaired) electrons. The first-order chi connectivity index (χ1) is 20.4. The highest BCUT2D eigenvalue weighted by Crippen LogP contribution is 2.18. The van der Waals surface area contributed by atoms with Gasteiger partial charge in [-0.15, -0.1) is 0 Å². The first kappa shape index (κ1) is 31.2. The van der Waals surface area contributed by atoms with Gasteiger partial charge in [-0.1, -0.05) is 50.2 Å². The lowest BCUT2D eigenvalue weighted by atomic mass is 9.99. The van der Waals surface area contributed by atoms with Gasteiger partial charge < -0.3 is 20.2 Å². The SMILES string of the molecule is CCCN(CCC)C(=O)c1cccc(C(=O)N[C@@H](Cc2ccccc2)[C@H](O)CN2CCN(c3ccc(F)cc3)CC2)c1. The second kappa shape index (κ2) is 15.5. The van der Waals surface area contributed by atoms with E-state index in [-0.39, 0.29) is 17.6 Å². The van der Waals surface area contributed by atoms with E-state index < -0.39 is 12.1 Å². The topological polar surface area (TPSA) is 76.1 Å². The monoisotopic (exact) mass is 574 g/mol. The lowest BCUT2D eigenvalue weighted by Crippen LogP contribution is -2.53. The van der Waals surface area contributed by atoms with E-state index in [0.717, 1.165) is 50.3 Å². The highest BCUT2D eigenvalue weighted by molar-refractivity contribution is 5.99. The Balaban J connectivity index is 1.43. The van der Waals surface area contributed by atoms with Crippen LogP contribution in [0.3, 0.4) is 0 Å². The molecule has 1 aliphatic rings. The van der Waals surface area contributed by atoms with E-state index in [9.17, 15) is 19.1 Å². The van der Waals surface area contributed by atoms with Crippen LogP contribution in [0.4, 0.5) is 10.1 Å². The van der Waals surface area contributed by atoms with Crippen LogP contribution in [0.1, 0.15) is 53.0 Å². The lowest BCUT2D eigenvalue weighted by Gasteiger charge is -2.38. The number of anilines is 1. The van der Waals surface area contributed by atoms with Crippen molar-refractivity contribution in [1.29, 1.82) is 0 Å². The Labute approximate surface area is 248 Å². The van der Waals surface area contributed by atoms with Gasteiger partial charge in [-0.25, -0.2) is 4.39 Å². The molecule has 0 bridgehead atoms. The molecule has 2 amide bonds. The van der Waals surface area contributed by atoms with Gasteiger partial charge in [-0.2, -0.15) is 0 Å². The zero-order valence-electron chi connectivity index (χ0n) is 24.7. The van der Waals surface area contributed by atoms with E-state index in [0.29, 0.717) is 37.2 Å². The van der Waals surface area contributed by atoms with Gasteiger partial charge in [0.25, 0.3) is 11.8 Å². The molecular weight excluding hydrogens is 531 g/mol. The third-order valence-corrected chi connectivity index (χ3v) is 7.73. The first-order valence-corrected chi connectivity index (χ1v) is 15.0. The van der Waals surface area contributed by atoms with Crippen LogP contribution >= 0.6 is 0 Å². The Bertz CT molecular complexity index is 1270. The average molecular weight is 575 g/mol. The number of amides is 2. The summed E-state index contributed by atoms with van der Waals surface area (Å²) in [5.74, 6) is -0.641. The van der Waals surface area contributed by atoms with Crippen molar-refractivity contribution in [2.75, 3.05) is 50.7 Å². The van der Waals surface area contributed by atoms with Crippen LogP contribution in [0.25, 0.3) is 0 Å². The van der Waals surface area contributed by atoms with Crippen LogP contribution in [0.2, 0.25) is 0 Å². The van der Waals surface area contributed by atoms with E-state index in [1.54, 1.807) is 36.4 Å². The van der Waals surface area contributed by atoms with Crippen LogP contribution in [-0.4, -0.2) is 84.7 Å². The van der Waals surface area contributed by atoms with Crippen LogP contribution in [0, 0.1) is 5.82 Å². The largest absolute Gasteiger partial charge is 0.390 e. The molecule has 7 nitrogen and oxygen atoms in total. The minimum atomic E-state index is -0.805. The van der Waals surface area contributed by atoms with Gasteiger partial charge >= 0.3 is 0 Å². The highest BCUT2D eigenvalue weighted by atomic mass is 19.1. The zero-order valence-corrected chi connectivity index (χ0v) is 24.7. The van der Waals surface area contributed by atoms with Gasteiger partial charge in [-0.3, -0.25) is 14.5 Å². The molecule has 0 aliphatic carbocycles. The van der Waals surface area contributed by atoms with Crippen molar-refractivity contribution >= 4 is 17.5 Å². The molecule has 0 unspecified atom stereocenters. The fourth-order valence-electron chi connectivity index (χ4n) is 5.47. The van der Waals surface area contributed by atoms with Crippen molar-refractivity contribution in [2.24, 2.45) is 0 Å². The molecule has 1 saturated heterocycles. The van der Waals surface area contributed by atoms with Gasteiger partial charge in [0.15, 0.2) is 0 Å². The van der Waals surface area contributed by atoms with Crippen molar-refractivity contribution in [1.82, 2.24) is 15.1 Å². The predicted octanol–water partition coefficient (Wildman–Crippen LogP) is 4.61. The molecular formula is C34H43FN4O3. The van der Waals surface area contributed by atoms with Gasteiger partial charge in [0.2, 0.25) is 0 Å². The molecule has 8 heteroatoms. The quantitative estimate of drug-likeness (QED) is 0.312. The first-order valence-electron chi connectivity index (χ1n) is 15.0. The number of piperazine rings is 1. The molecule has 4 rings (SSSR count). The van der Waals surface area contributed by atoms with Crippen molar-refractivity contribution in [3.63, 3.8) is 0 Å². The van der Waals surface area contributed by atoms with Gasteiger partial charge in [-0.05, 0) is 67.3 Å². The van der Waals surface area contributed by atoms with E-state index in [2.05, 4.69) is 15.1 Å². The summed E-state index contributed by atoms with van der Waals surface area (Å²) in [6, 6.07) is 22.7. The second-order valence-electron chi connectivity index (χ2n) is 11.0. The van der Waals surface area contributed by atoms with Gasteiger partial charge in [0.1, 0.15) is 5.82 Å². The van der Waals surface area contributed by atoms with Crippen molar-refractivity contribution in [2.45, 2.75) is 45.3 Å². The third kappa shape index (κ3) is 8.63. The number of rotatable bonds is 13. The Morgan fingerprint density at radius 2 is 1.52 bits per heavy atom. The number of aliphatic hydroxyl groups is 1. The van der Waals surface area contributed by atoms with Gasteiger partial charge in [0.05, 0.1) is 12.1 Å². The van der Waals surface area contributed by atoms with Crippen LogP contribution in [0.15, 0.2) is 78.9 Å². The predicted molar refractivity (Wildman–Crippen MR) is 165 cm³/mol. The molecule has 2 atom stereocenters. The number of carbonyl (C=O) groups is 2. The number of hydrogen-bond donors (Lipinski definition) is 2. The fourth-order valence-corrected chi connectivity index (χ4v) is 5.47. The number of nitrogens with zero attached hydrogens (tertiary/aromatic N) is 3. The number of benzene rings is 3. The lowest BCUT2D eigenvalue weighted by molar-refractivity contribution is 0.0662. The van der Waals surface area contributed by atoms with Crippen LogP contribution in [0.5, 0.6) is 0 Å². The summed E-state index contributed by atoms with van der Waals surface area (Å²) in [6.07, 6.45) is 1.40. The maximum Gasteiger partial charge on any atom is 0.253 e. The number of hydrogen-bond acceptors (Lipinski definition) is 5. The minimum absolute atomic E-state index is 0.0750. The zero-order chi connectivity index (χ0) is 29.9. The second-order valence-corrected chi connectivity index (χ2v) is 11.0.